The van der Waals surface area contributed by atoms with E-state index in [1.165, 1.54) is 0 Å². The molecule has 0 saturated heterocycles. The average molecular weight is 338 g/mol. The molecule has 0 spiro atoms. The summed E-state index contributed by atoms with van der Waals surface area (Å²) < 4.78 is 5.44. The Bertz CT molecular complexity index is 776. The van der Waals surface area contributed by atoms with E-state index in [-0.39, 0.29) is 5.91 Å². The minimum Gasteiger partial charge on any atom is -0.445 e. The van der Waals surface area contributed by atoms with Crippen molar-refractivity contribution in [2.75, 3.05) is 25.0 Å². The molecule has 0 radical (unpaired) electrons. The van der Waals surface area contributed by atoms with Crippen LogP contribution in [0, 0.1) is 0 Å². The lowest BCUT2D eigenvalue weighted by atomic mass is 9.89. The first-order valence-electron chi connectivity index (χ1n) is 8.35. The summed E-state index contributed by atoms with van der Waals surface area (Å²) >= 11 is 0. The molecule has 5 heteroatoms. The molecule has 0 aliphatic carbocycles. The molecule has 1 unspecified atom stereocenters. The van der Waals surface area contributed by atoms with Crippen molar-refractivity contribution < 1.29 is 14.3 Å². The zero-order valence-electron chi connectivity index (χ0n) is 14.5. The number of likely N-dealkylation sites (N-methyl/N-ethyl adjacent to an activating group) is 1. The lowest BCUT2D eigenvalue weighted by Crippen LogP contribution is -2.52. The number of benzene rings is 2. The SMILES string of the molecule is CN(CCNC(=O)C1(C)Cc2ccccc2C(=O)O1)c1ccccc1. The van der Waals surface area contributed by atoms with Gasteiger partial charge in [-0.1, -0.05) is 36.4 Å². The molecular formula is C20H22N2O3. The number of rotatable bonds is 5. The van der Waals surface area contributed by atoms with Crippen molar-refractivity contribution in [3.8, 4) is 0 Å². The van der Waals surface area contributed by atoms with Gasteiger partial charge < -0.3 is 15.0 Å². The van der Waals surface area contributed by atoms with Crippen molar-refractivity contribution in [1.29, 1.82) is 0 Å². The highest BCUT2D eigenvalue weighted by Gasteiger charge is 2.42. The van der Waals surface area contributed by atoms with Crippen LogP contribution in [-0.4, -0.2) is 37.6 Å². The molecule has 0 aromatic heterocycles. The number of para-hydroxylation sites is 1. The minimum atomic E-state index is -1.17. The monoisotopic (exact) mass is 338 g/mol. The fourth-order valence-corrected chi connectivity index (χ4v) is 2.99. The van der Waals surface area contributed by atoms with Gasteiger partial charge in [0.05, 0.1) is 5.56 Å². The van der Waals surface area contributed by atoms with Gasteiger partial charge in [-0.3, -0.25) is 4.79 Å². The molecule has 25 heavy (non-hydrogen) atoms. The first-order valence-corrected chi connectivity index (χ1v) is 8.35. The van der Waals surface area contributed by atoms with Crippen molar-refractivity contribution in [3.63, 3.8) is 0 Å². The summed E-state index contributed by atoms with van der Waals surface area (Å²) in [6.07, 6.45) is 0.384. The number of anilines is 1. The Morgan fingerprint density at radius 2 is 1.84 bits per heavy atom. The highest BCUT2D eigenvalue weighted by Crippen LogP contribution is 2.28. The number of carbonyl (C=O) groups is 2. The van der Waals surface area contributed by atoms with Gasteiger partial charge in [0.25, 0.3) is 5.91 Å². The van der Waals surface area contributed by atoms with E-state index < -0.39 is 11.6 Å². The Labute approximate surface area is 147 Å². The van der Waals surface area contributed by atoms with E-state index in [9.17, 15) is 9.59 Å². The van der Waals surface area contributed by atoms with Gasteiger partial charge in [-0.25, -0.2) is 4.79 Å². The van der Waals surface area contributed by atoms with Gasteiger partial charge in [-0.15, -0.1) is 0 Å². The number of cyclic esters (lactones) is 1. The summed E-state index contributed by atoms with van der Waals surface area (Å²) in [6.45, 7) is 2.80. The smallest absolute Gasteiger partial charge is 0.339 e. The molecule has 5 nitrogen and oxygen atoms in total. The first kappa shape index (κ1) is 17.0. The molecule has 130 valence electrons. The van der Waals surface area contributed by atoms with Crippen LogP contribution in [0.4, 0.5) is 5.69 Å². The van der Waals surface area contributed by atoms with Gasteiger partial charge in [0.1, 0.15) is 0 Å². The third kappa shape index (κ3) is 3.65. The summed E-state index contributed by atoms with van der Waals surface area (Å²) in [5, 5.41) is 2.89. The topological polar surface area (TPSA) is 58.6 Å². The molecule has 3 rings (SSSR count). The van der Waals surface area contributed by atoms with Gasteiger partial charge in [-0.05, 0) is 30.7 Å². The van der Waals surface area contributed by atoms with Crippen LogP contribution >= 0.6 is 0 Å². The predicted molar refractivity (Wildman–Crippen MR) is 96.7 cm³/mol. The molecule has 1 aliphatic heterocycles. The molecule has 1 heterocycles. The van der Waals surface area contributed by atoms with Gasteiger partial charge >= 0.3 is 5.97 Å². The Hall–Kier alpha value is -2.82. The molecule has 0 bridgehead atoms. The Morgan fingerprint density at radius 1 is 1.16 bits per heavy atom. The molecule has 2 aromatic carbocycles. The fourth-order valence-electron chi connectivity index (χ4n) is 2.99. The maximum atomic E-state index is 12.6. The Morgan fingerprint density at radius 3 is 2.60 bits per heavy atom. The maximum Gasteiger partial charge on any atom is 0.339 e. The summed E-state index contributed by atoms with van der Waals surface area (Å²) in [7, 11) is 1.97. The summed E-state index contributed by atoms with van der Waals surface area (Å²) in [5.74, 6) is -0.710. The fraction of sp³-hybridized carbons (Fsp3) is 0.300. The van der Waals surface area contributed by atoms with Gasteiger partial charge in [-0.2, -0.15) is 0 Å². The van der Waals surface area contributed by atoms with Crippen molar-refractivity contribution in [1.82, 2.24) is 5.32 Å². The molecule has 0 fully saturated rings. The van der Waals surface area contributed by atoms with Crippen LogP contribution in [0.15, 0.2) is 54.6 Å². The summed E-state index contributed by atoms with van der Waals surface area (Å²) in [5.41, 5.74) is 1.30. The number of esters is 1. The second kappa shape index (κ2) is 6.97. The molecule has 2 aromatic rings. The number of ether oxygens (including phenoxy) is 1. The average Bonchev–Trinajstić information content (AvgIpc) is 2.62. The van der Waals surface area contributed by atoms with Gasteiger partial charge in [0.2, 0.25) is 0 Å². The van der Waals surface area contributed by atoms with Crippen LogP contribution in [0.25, 0.3) is 0 Å². The first-order chi connectivity index (χ1) is 12.0. The zero-order valence-corrected chi connectivity index (χ0v) is 14.5. The second-order valence-electron chi connectivity index (χ2n) is 6.47. The summed E-state index contributed by atoms with van der Waals surface area (Å²) in [4.78, 5) is 26.8. The van der Waals surface area contributed by atoms with Crippen molar-refractivity contribution in [3.05, 3.63) is 65.7 Å². The van der Waals surface area contributed by atoms with Crippen LogP contribution < -0.4 is 10.2 Å². The number of nitrogens with one attached hydrogen (secondary N) is 1. The number of hydrogen-bond donors (Lipinski definition) is 1. The van der Waals surface area contributed by atoms with E-state index in [0.29, 0.717) is 25.1 Å². The minimum absolute atomic E-state index is 0.267. The van der Waals surface area contributed by atoms with E-state index in [4.69, 9.17) is 4.74 Å². The normalized spacial score (nSPS) is 18.9. The molecule has 1 aliphatic rings. The second-order valence-corrected chi connectivity index (χ2v) is 6.47. The van der Waals surface area contributed by atoms with E-state index in [2.05, 4.69) is 10.2 Å². The van der Waals surface area contributed by atoms with E-state index in [1.807, 2.05) is 49.5 Å². The van der Waals surface area contributed by atoms with Crippen LogP contribution in [0.3, 0.4) is 0 Å². The van der Waals surface area contributed by atoms with Crippen molar-refractivity contribution in [2.24, 2.45) is 0 Å². The molecular weight excluding hydrogens is 316 g/mol. The molecule has 1 atom stereocenters. The third-order valence-electron chi connectivity index (χ3n) is 4.49. The Kier molecular flexibility index (Phi) is 4.74. The van der Waals surface area contributed by atoms with Crippen LogP contribution in [-0.2, 0) is 16.0 Å². The highest BCUT2D eigenvalue weighted by atomic mass is 16.6. The molecule has 0 saturated carbocycles. The highest BCUT2D eigenvalue weighted by molar-refractivity contribution is 5.97. The zero-order chi connectivity index (χ0) is 17.9. The number of amides is 1. The quantitative estimate of drug-likeness (QED) is 0.851. The standard InChI is InChI=1S/C20H22N2O3/c1-20(14-15-8-6-7-11-17(15)18(23)25-20)19(24)21-12-13-22(2)16-9-4-3-5-10-16/h3-11H,12-14H2,1-2H3,(H,21,24). The van der Waals surface area contributed by atoms with Crippen LogP contribution in [0.1, 0.15) is 22.8 Å². The number of carbonyl (C=O) groups excluding carboxylic acids is 2. The van der Waals surface area contributed by atoms with Crippen LogP contribution in [0.2, 0.25) is 0 Å². The van der Waals surface area contributed by atoms with Crippen LogP contribution in [0.5, 0.6) is 0 Å². The number of nitrogens with zero attached hydrogens (tertiary/aromatic N) is 1. The molecule has 1 N–H and O–H groups in total. The van der Waals surface area contributed by atoms with E-state index in [1.54, 1.807) is 19.1 Å². The van der Waals surface area contributed by atoms with E-state index >= 15 is 0 Å². The largest absolute Gasteiger partial charge is 0.445 e. The van der Waals surface area contributed by atoms with Gasteiger partial charge in [0.15, 0.2) is 5.60 Å². The Balaban J connectivity index is 1.59. The predicted octanol–water partition coefficient (Wildman–Crippen LogP) is 2.41. The van der Waals surface area contributed by atoms with Crippen molar-refractivity contribution in [2.45, 2.75) is 18.9 Å². The number of fused-ring (bicyclic) bond motifs is 1. The van der Waals surface area contributed by atoms with E-state index in [0.717, 1.165) is 11.3 Å². The van der Waals surface area contributed by atoms with Gasteiger partial charge in [0, 0.05) is 32.2 Å². The lowest BCUT2D eigenvalue weighted by Gasteiger charge is -2.33. The maximum absolute atomic E-state index is 12.6. The number of hydrogen-bond acceptors (Lipinski definition) is 4. The summed E-state index contributed by atoms with van der Waals surface area (Å²) in [6, 6.07) is 17.2. The van der Waals surface area contributed by atoms with Crippen molar-refractivity contribution >= 4 is 17.6 Å². The third-order valence-corrected chi connectivity index (χ3v) is 4.49. The molecule has 1 amide bonds. The lowest BCUT2D eigenvalue weighted by molar-refractivity contribution is -0.139.